The van der Waals surface area contributed by atoms with E-state index in [2.05, 4.69) is 24.5 Å². The van der Waals surface area contributed by atoms with Gasteiger partial charge in [-0.25, -0.2) is 4.39 Å². The van der Waals surface area contributed by atoms with Crippen molar-refractivity contribution >= 4 is 23.1 Å². The molecule has 1 amide bonds. The number of furan rings is 1. The average molecular weight is 502 g/mol. The van der Waals surface area contributed by atoms with Gasteiger partial charge in [0.15, 0.2) is 5.78 Å². The van der Waals surface area contributed by atoms with Gasteiger partial charge in [-0.15, -0.1) is 0 Å². The number of amides is 1. The number of Topliss-reactive ketones (excluding diaryl/α,β-unsaturated/α-hetero) is 1. The first-order valence-electron chi connectivity index (χ1n) is 12.7. The second-order valence-corrected chi connectivity index (χ2v) is 10.7. The van der Waals surface area contributed by atoms with Crippen LogP contribution in [0.15, 0.2) is 76.4 Å². The Labute approximate surface area is 216 Å². The van der Waals surface area contributed by atoms with E-state index in [1.54, 1.807) is 12.1 Å². The lowest BCUT2D eigenvalue weighted by Crippen LogP contribution is -2.42. The number of allylic oxidation sites excluding steroid dienone is 1. The van der Waals surface area contributed by atoms with Crippen LogP contribution in [-0.4, -0.2) is 24.8 Å². The molecule has 2 aliphatic rings. The normalized spacial score (nSPS) is 18.5. The van der Waals surface area contributed by atoms with Crippen LogP contribution in [-0.2, 0) is 16.0 Å². The van der Waals surface area contributed by atoms with Crippen molar-refractivity contribution in [3.8, 4) is 0 Å². The van der Waals surface area contributed by atoms with Crippen LogP contribution in [0.1, 0.15) is 49.8 Å². The highest BCUT2D eigenvalue weighted by molar-refractivity contribution is 6.01. The number of rotatable bonds is 6. The fourth-order valence-corrected chi connectivity index (χ4v) is 5.33. The maximum Gasteiger partial charge on any atom is 0.239 e. The van der Waals surface area contributed by atoms with E-state index in [4.69, 9.17) is 4.42 Å². The number of benzene rings is 2. The molecule has 3 aromatic rings. The predicted molar refractivity (Wildman–Crippen MR) is 142 cm³/mol. The molecule has 2 aromatic carbocycles. The lowest BCUT2D eigenvalue weighted by molar-refractivity contribution is -0.120. The van der Waals surface area contributed by atoms with E-state index in [-0.39, 0.29) is 29.5 Å². The molecule has 1 aliphatic heterocycles. The van der Waals surface area contributed by atoms with Gasteiger partial charge in [0.25, 0.3) is 0 Å². The van der Waals surface area contributed by atoms with Crippen molar-refractivity contribution in [1.82, 2.24) is 5.32 Å². The van der Waals surface area contributed by atoms with Crippen molar-refractivity contribution in [2.24, 2.45) is 5.41 Å². The van der Waals surface area contributed by atoms with Crippen molar-refractivity contribution in [2.45, 2.75) is 46.1 Å². The lowest BCUT2D eigenvalue weighted by atomic mass is 9.74. The van der Waals surface area contributed by atoms with Crippen molar-refractivity contribution in [1.29, 1.82) is 0 Å². The molecule has 0 saturated carbocycles. The summed E-state index contributed by atoms with van der Waals surface area (Å²) in [6.07, 6.45) is 1.74. The number of halogens is 1. The minimum atomic E-state index is -0.536. The van der Waals surface area contributed by atoms with E-state index in [1.807, 2.05) is 48.2 Å². The maximum atomic E-state index is 13.6. The number of ketones is 1. The number of carbonyl (C=O) groups excluding carboxylic acids is 2. The second kappa shape index (κ2) is 9.88. The third-order valence-electron chi connectivity index (χ3n) is 7.00. The fourth-order valence-electron chi connectivity index (χ4n) is 5.33. The number of fused-ring (bicyclic) bond motifs is 1. The van der Waals surface area contributed by atoms with Crippen LogP contribution in [0.5, 0.6) is 0 Å². The number of hydrogen-bond acceptors (Lipinski definition) is 5. The van der Waals surface area contributed by atoms with Gasteiger partial charge in [-0.1, -0.05) is 38.1 Å². The van der Waals surface area contributed by atoms with Crippen LogP contribution in [0.2, 0.25) is 0 Å². The lowest BCUT2D eigenvalue weighted by Gasteiger charge is -2.36. The van der Waals surface area contributed by atoms with Gasteiger partial charge in [-0.2, -0.15) is 0 Å². The molecule has 1 aliphatic carbocycles. The summed E-state index contributed by atoms with van der Waals surface area (Å²) in [7, 11) is 0. The molecule has 1 unspecified atom stereocenters. The zero-order valence-electron chi connectivity index (χ0n) is 21.4. The Morgan fingerprint density at radius 1 is 1.11 bits per heavy atom. The molecule has 2 N–H and O–H groups in total. The van der Waals surface area contributed by atoms with Crippen LogP contribution in [0.3, 0.4) is 0 Å². The number of nitrogens with one attached hydrogen (secondary N) is 2. The van der Waals surface area contributed by atoms with Crippen molar-refractivity contribution in [3.63, 3.8) is 0 Å². The average Bonchev–Trinajstić information content (AvgIpc) is 3.21. The van der Waals surface area contributed by atoms with E-state index in [0.717, 1.165) is 34.8 Å². The number of aryl methyl sites for hydroxylation is 1. The van der Waals surface area contributed by atoms with E-state index < -0.39 is 6.04 Å². The Balaban J connectivity index is 1.48. The smallest absolute Gasteiger partial charge is 0.239 e. The van der Waals surface area contributed by atoms with E-state index in [9.17, 15) is 14.0 Å². The number of para-hydroxylation sites is 2. The molecule has 0 radical (unpaired) electrons. The standard InChI is InChI=1S/C30H32FN3O3/c1-19-8-13-26(37-19)29-28-23(16-30(2,3)17-25(28)35)33-22-6-4-5-7-24(22)34(29)18-27(36)32-15-14-20-9-11-21(31)12-10-20/h4-13,29,33H,14-18H2,1-3H3,(H,32,36). The summed E-state index contributed by atoms with van der Waals surface area (Å²) in [4.78, 5) is 28.8. The van der Waals surface area contributed by atoms with Crippen molar-refractivity contribution in [2.75, 3.05) is 23.3 Å². The van der Waals surface area contributed by atoms with Crippen LogP contribution in [0.4, 0.5) is 15.8 Å². The summed E-state index contributed by atoms with van der Waals surface area (Å²) in [6.45, 7) is 6.54. The summed E-state index contributed by atoms with van der Waals surface area (Å²) in [5.41, 5.74) is 3.99. The van der Waals surface area contributed by atoms with Gasteiger partial charge in [-0.3, -0.25) is 9.59 Å². The Morgan fingerprint density at radius 2 is 1.86 bits per heavy atom. The van der Waals surface area contributed by atoms with Gasteiger partial charge in [0.05, 0.1) is 17.9 Å². The van der Waals surface area contributed by atoms with E-state index in [0.29, 0.717) is 30.7 Å². The number of anilines is 2. The Morgan fingerprint density at radius 3 is 2.59 bits per heavy atom. The van der Waals surface area contributed by atoms with Crippen molar-refractivity contribution in [3.05, 3.63) is 94.8 Å². The molecule has 0 spiro atoms. The number of carbonyl (C=O) groups is 2. The minimum Gasteiger partial charge on any atom is -0.464 e. The third-order valence-corrected chi connectivity index (χ3v) is 7.00. The zero-order chi connectivity index (χ0) is 26.2. The van der Waals surface area contributed by atoms with Crippen LogP contribution >= 0.6 is 0 Å². The molecular formula is C30H32FN3O3. The molecule has 0 saturated heterocycles. The monoisotopic (exact) mass is 501 g/mol. The molecule has 1 atom stereocenters. The van der Waals surface area contributed by atoms with Gasteiger partial charge < -0.3 is 20.0 Å². The molecule has 37 heavy (non-hydrogen) atoms. The van der Waals surface area contributed by atoms with E-state index >= 15 is 0 Å². The summed E-state index contributed by atoms with van der Waals surface area (Å²) < 4.78 is 19.3. The summed E-state index contributed by atoms with van der Waals surface area (Å²) in [6, 6.07) is 17.3. The Kier molecular flexibility index (Phi) is 6.63. The Hall–Kier alpha value is -3.87. The fraction of sp³-hybridized carbons (Fsp3) is 0.333. The number of hydrogen-bond donors (Lipinski definition) is 2. The summed E-state index contributed by atoms with van der Waals surface area (Å²) in [5.74, 6) is 0.991. The highest BCUT2D eigenvalue weighted by atomic mass is 19.1. The van der Waals surface area contributed by atoms with Gasteiger partial charge in [-0.05, 0) is 67.1 Å². The largest absolute Gasteiger partial charge is 0.464 e. The SMILES string of the molecule is Cc1ccc(C2C3=C(CC(C)(C)CC3=O)Nc3ccccc3N2CC(=O)NCCc2ccc(F)cc2)o1. The van der Waals surface area contributed by atoms with Crippen LogP contribution in [0.25, 0.3) is 0 Å². The van der Waals surface area contributed by atoms with Crippen LogP contribution < -0.4 is 15.5 Å². The second-order valence-electron chi connectivity index (χ2n) is 10.7. The third kappa shape index (κ3) is 5.31. The molecular weight excluding hydrogens is 469 g/mol. The molecule has 5 rings (SSSR count). The first-order chi connectivity index (χ1) is 17.7. The van der Waals surface area contributed by atoms with Gasteiger partial charge in [0, 0.05) is 24.2 Å². The van der Waals surface area contributed by atoms with Crippen LogP contribution in [0, 0.1) is 18.2 Å². The number of nitrogens with zero attached hydrogens (tertiary/aromatic N) is 1. The molecule has 6 nitrogen and oxygen atoms in total. The highest BCUT2D eigenvalue weighted by Gasteiger charge is 2.43. The molecule has 0 bridgehead atoms. The topological polar surface area (TPSA) is 74.6 Å². The van der Waals surface area contributed by atoms with Gasteiger partial charge in [0.1, 0.15) is 23.4 Å². The van der Waals surface area contributed by atoms with Gasteiger partial charge in [0.2, 0.25) is 5.91 Å². The summed E-state index contributed by atoms with van der Waals surface area (Å²) >= 11 is 0. The maximum absolute atomic E-state index is 13.6. The minimum absolute atomic E-state index is 0.0416. The molecule has 0 fully saturated rings. The molecule has 2 heterocycles. The first-order valence-corrected chi connectivity index (χ1v) is 12.7. The predicted octanol–water partition coefficient (Wildman–Crippen LogP) is 5.70. The zero-order valence-corrected chi connectivity index (χ0v) is 21.4. The van der Waals surface area contributed by atoms with Crippen molar-refractivity contribution < 1.29 is 18.4 Å². The quantitative estimate of drug-likeness (QED) is 0.453. The first kappa shape index (κ1) is 24.8. The molecule has 192 valence electrons. The highest BCUT2D eigenvalue weighted by Crippen LogP contribution is 2.48. The van der Waals surface area contributed by atoms with E-state index in [1.165, 1.54) is 12.1 Å². The summed E-state index contributed by atoms with van der Waals surface area (Å²) in [5, 5.41) is 6.53. The Bertz CT molecular complexity index is 1360. The molecule has 7 heteroatoms. The van der Waals surface area contributed by atoms with Gasteiger partial charge >= 0.3 is 0 Å². The molecule has 1 aromatic heterocycles.